The summed E-state index contributed by atoms with van der Waals surface area (Å²) in [5.41, 5.74) is 7.37. The molecule has 42 heavy (non-hydrogen) atoms. The SMILES string of the molecule is CC1(C)CC(=O)C2=C(C1)N(c1nnc(SCC(=O)Nc3cccc([N+](=O)[O-])c3)s1)C(N)=C(C#N)C2c1ccccc1F. The highest BCUT2D eigenvalue weighted by Crippen LogP contribution is 2.51. The van der Waals surface area contributed by atoms with Crippen molar-refractivity contribution in [3.63, 3.8) is 0 Å². The molecule has 0 spiro atoms. The van der Waals surface area contributed by atoms with Gasteiger partial charge in [-0.05, 0) is 24.0 Å². The Hall–Kier alpha value is -4.61. The van der Waals surface area contributed by atoms with E-state index in [0.29, 0.717) is 27.2 Å². The summed E-state index contributed by atoms with van der Waals surface area (Å²) in [6.07, 6.45) is 0.645. The number of aromatic nitrogens is 2. The molecule has 0 saturated carbocycles. The maximum atomic E-state index is 15.0. The van der Waals surface area contributed by atoms with E-state index in [4.69, 9.17) is 5.73 Å². The molecule has 1 aromatic heterocycles. The van der Waals surface area contributed by atoms with Crippen LogP contribution in [0.3, 0.4) is 0 Å². The Morgan fingerprint density at radius 1 is 1.29 bits per heavy atom. The van der Waals surface area contributed by atoms with E-state index in [1.165, 1.54) is 24.3 Å². The van der Waals surface area contributed by atoms with E-state index in [1.807, 2.05) is 13.8 Å². The zero-order valence-electron chi connectivity index (χ0n) is 22.5. The maximum absolute atomic E-state index is 15.0. The van der Waals surface area contributed by atoms with Gasteiger partial charge in [-0.15, -0.1) is 10.2 Å². The molecule has 3 N–H and O–H groups in total. The summed E-state index contributed by atoms with van der Waals surface area (Å²) in [5, 5.41) is 32.5. The number of nitrogens with two attached hydrogens (primary N) is 1. The number of halogens is 1. The zero-order valence-corrected chi connectivity index (χ0v) is 24.1. The number of benzene rings is 2. The van der Waals surface area contributed by atoms with Crippen LogP contribution in [-0.4, -0.2) is 32.6 Å². The van der Waals surface area contributed by atoms with E-state index in [9.17, 15) is 25.0 Å². The van der Waals surface area contributed by atoms with Crippen LogP contribution in [0.15, 0.2) is 75.5 Å². The van der Waals surface area contributed by atoms with Gasteiger partial charge in [0.2, 0.25) is 11.0 Å². The molecular formula is C28H24FN7O4S2. The van der Waals surface area contributed by atoms with Crippen LogP contribution in [0.2, 0.25) is 0 Å². The van der Waals surface area contributed by atoms with Crippen LogP contribution in [0.1, 0.15) is 38.2 Å². The Morgan fingerprint density at radius 3 is 2.76 bits per heavy atom. The lowest BCUT2D eigenvalue weighted by molar-refractivity contribution is -0.384. The van der Waals surface area contributed by atoms with E-state index in [1.54, 1.807) is 29.2 Å². The molecule has 1 amide bonds. The standard InChI is InChI=1S/C28H24FN7O4S2/c1-28(2)11-20-24(21(37)12-28)23(17-8-3-4-9-19(17)29)18(13-30)25(31)35(20)26-33-34-27(42-26)41-14-22(38)32-15-6-5-7-16(10-15)36(39)40/h3-10,23H,11-12,14,31H2,1-2H3,(H,32,38). The van der Waals surface area contributed by atoms with Crippen LogP contribution in [-0.2, 0) is 9.59 Å². The van der Waals surface area contributed by atoms with Crippen molar-refractivity contribution in [1.82, 2.24) is 10.2 Å². The number of hydrogen-bond donors (Lipinski definition) is 2. The predicted octanol–water partition coefficient (Wildman–Crippen LogP) is 5.26. The van der Waals surface area contributed by atoms with Crippen LogP contribution in [0.5, 0.6) is 0 Å². The molecular weight excluding hydrogens is 581 g/mol. The highest BCUT2D eigenvalue weighted by molar-refractivity contribution is 8.01. The fraction of sp³-hybridized carbons (Fsp3) is 0.250. The Bertz CT molecular complexity index is 1730. The van der Waals surface area contributed by atoms with Gasteiger partial charge in [0.25, 0.3) is 5.69 Å². The molecule has 1 atom stereocenters. The number of nitrogens with zero attached hydrogens (tertiary/aromatic N) is 5. The Balaban J connectivity index is 1.44. The number of amides is 1. The average Bonchev–Trinajstić information content (AvgIpc) is 3.39. The first kappa shape index (κ1) is 28.9. The van der Waals surface area contributed by atoms with Gasteiger partial charge in [0, 0.05) is 41.1 Å². The molecule has 2 aromatic carbocycles. The molecule has 1 unspecified atom stereocenters. The van der Waals surface area contributed by atoms with Gasteiger partial charge in [-0.25, -0.2) is 4.39 Å². The number of anilines is 2. The second kappa shape index (κ2) is 11.3. The molecule has 5 rings (SSSR count). The maximum Gasteiger partial charge on any atom is 0.271 e. The molecule has 3 aromatic rings. The number of hydrogen-bond acceptors (Lipinski definition) is 11. The number of nitrogens with one attached hydrogen (secondary N) is 1. The number of nitriles is 1. The minimum atomic E-state index is -0.953. The van der Waals surface area contributed by atoms with Crippen LogP contribution in [0.25, 0.3) is 0 Å². The van der Waals surface area contributed by atoms with E-state index in [-0.39, 0.29) is 46.3 Å². The number of nitro benzene ring substituents is 1. The fourth-order valence-electron chi connectivity index (χ4n) is 5.12. The molecule has 0 radical (unpaired) electrons. The van der Waals surface area contributed by atoms with Crippen molar-refractivity contribution in [2.45, 2.75) is 36.9 Å². The molecule has 214 valence electrons. The molecule has 2 aliphatic rings. The quantitative estimate of drug-likeness (QED) is 0.206. The largest absolute Gasteiger partial charge is 0.384 e. The van der Waals surface area contributed by atoms with Gasteiger partial charge in [0.15, 0.2) is 10.1 Å². The number of thioether (sulfide) groups is 1. The molecule has 1 aliphatic heterocycles. The Kier molecular flexibility index (Phi) is 7.81. The molecule has 0 bridgehead atoms. The van der Waals surface area contributed by atoms with Gasteiger partial charge in [0.05, 0.1) is 28.2 Å². The number of Topliss-reactive ketones (excluding diaryl/α,β-unsaturated/α-hetero) is 1. The summed E-state index contributed by atoms with van der Waals surface area (Å²) < 4.78 is 15.4. The molecule has 14 heteroatoms. The second-order valence-corrected chi connectivity index (χ2v) is 12.7. The van der Waals surface area contributed by atoms with Crippen LogP contribution in [0, 0.1) is 32.7 Å². The summed E-state index contributed by atoms with van der Waals surface area (Å²) in [6, 6.07) is 13.7. The van der Waals surface area contributed by atoms with Gasteiger partial charge in [-0.1, -0.05) is 61.2 Å². The monoisotopic (exact) mass is 605 g/mol. The molecule has 1 aliphatic carbocycles. The van der Waals surface area contributed by atoms with Crippen molar-refractivity contribution in [3.8, 4) is 6.07 Å². The number of carbonyl (C=O) groups excluding carboxylic acids is 2. The van der Waals surface area contributed by atoms with Gasteiger partial charge in [-0.2, -0.15) is 5.26 Å². The first-order chi connectivity index (χ1) is 20.0. The van der Waals surface area contributed by atoms with Crippen molar-refractivity contribution in [2.24, 2.45) is 11.1 Å². The zero-order chi connectivity index (χ0) is 30.2. The number of ketones is 1. The highest BCUT2D eigenvalue weighted by Gasteiger charge is 2.46. The third-order valence-electron chi connectivity index (χ3n) is 6.85. The summed E-state index contributed by atoms with van der Waals surface area (Å²) in [5.74, 6) is -2.12. The summed E-state index contributed by atoms with van der Waals surface area (Å²) >= 11 is 2.22. The van der Waals surface area contributed by atoms with E-state index < -0.39 is 28.0 Å². The third kappa shape index (κ3) is 5.61. The Morgan fingerprint density at radius 2 is 2.05 bits per heavy atom. The smallest absolute Gasteiger partial charge is 0.271 e. The van der Waals surface area contributed by atoms with Gasteiger partial charge < -0.3 is 11.1 Å². The first-order valence-corrected chi connectivity index (χ1v) is 14.5. The first-order valence-electron chi connectivity index (χ1n) is 12.7. The van der Waals surface area contributed by atoms with Crippen molar-refractivity contribution >= 4 is 51.3 Å². The number of non-ortho nitro benzene ring substituents is 1. The number of allylic oxidation sites excluding steroid dienone is 3. The van der Waals surface area contributed by atoms with Gasteiger partial charge in [0.1, 0.15) is 11.6 Å². The summed E-state index contributed by atoms with van der Waals surface area (Å²) in [7, 11) is 0. The molecule has 0 fully saturated rings. The fourth-order valence-corrected chi connectivity index (χ4v) is 6.80. The van der Waals surface area contributed by atoms with Gasteiger partial charge in [-0.3, -0.25) is 24.6 Å². The van der Waals surface area contributed by atoms with Crippen LogP contribution >= 0.6 is 23.1 Å². The normalized spacial score (nSPS) is 18.0. The third-order valence-corrected chi connectivity index (χ3v) is 8.89. The molecule has 0 saturated heterocycles. The van der Waals surface area contributed by atoms with Crippen molar-refractivity contribution in [3.05, 3.63) is 92.7 Å². The predicted molar refractivity (Wildman–Crippen MR) is 156 cm³/mol. The lowest BCUT2D eigenvalue weighted by Crippen LogP contribution is -2.42. The highest BCUT2D eigenvalue weighted by atomic mass is 32.2. The van der Waals surface area contributed by atoms with Crippen LogP contribution < -0.4 is 16.0 Å². The van der Waals surface area contributed by atoms with E-state index in [2.05, 4.69) is 21.6 Å². The lowest BCUT2D eigenvalue weighted by atomic mass is 9.68. The molecule has 11 nitrogen and oxygen atoms in total. The topological polar surface area (TPSA) is 168 Å². The summed E-state index contributed by atoms with van der Waals surface area (Å²) in [4.78, 5) is 38.1. The number of rotatable bonds is 7. The lowest BCUT2D eigenvalue weighted by Gasteiger charge is -2.42. The average molecular weight is 606 g/mol. The van der Waals surface area contributed by atoms with E-state index in [0.717, 1.165) is 23.1 Å². The van der Waals surface area contributed by atoms with Crippen molar-refractivity contribution in [2.75, 3.05) is 16.0 Å². The van der Waals surface area contributed by atoms with Crippen molar-refractivity contribution in [1.29, 1.82) is 5.26 Å². The minimum absolute atomic E-state index is 0.0334. The van der Waals surface area contributed by atoms with E-state index >= 15 is 4.39 Å². The summed E-state index contributed by atoms with van der Waals surface area (Å²) in [6.45, 7) is 3.90. The second-order valence-electron chi connectivity index (χ2n) is 10.5. The van der Waals surface area contributed by atoms with Crippen molar-refractivity contribution < 1.29 is 18.9 Å². The van der Waals surface area contributed by atoms with Crippen LogP contribution in [0.4, 0.5) is 20.9 Å². The Labute approximate surface area is 248 Å². The molecule has 2 heterocycles. The number of carbonyl (C=O) groups is 2. The minimum Gasteiger partial charge on any atom is -0.384 e. The number of nitro groups is 1. The van der Waals surface area contributed by atoms with Gasteiger partial charge >= 0.3 is 0 Å².